The zero-order valence-electron chi connectivity index (χ0n) is 34.3. The zero-order valence-corrected chi connectivity index (χ0v) is 34.3. The van der Waals surface area contributed by atoms with E-state index < -0.39 is 0 Å². The van der Waals surface area contributed by atoms with E-state index in [1.165, 1.54) is 14.4 Å². The van der Waals surface area contributed by atoms with E-state index in [0.29, 0.717) is 46.1 Å². The predicted molar refractivity (Wildman–Crippen MR) is 239 cm³/mol. The molecule has 0 spiro atoms. The molecule has 0 amide bonds. The van der Waals surface area contributed by atoms with E-state index in [4.69, 9.17) is 4.52 Å². The first-order chi connectivity index (χ1) is 32.1. The molecule has 0 fully saturated rings. The molecule has 0 radical (unpaired) electrons. The third-order valence-electron chi connectivity index (χ3n) is 8.94. The van der Waals surface area contributed by atoms with Crippen molar-refractivity contribution in [2.75, 3.05) is 10.6 Å². The molecule has 0 bridgehead atoms. The summed E-state index contributed by atoms with van der Waals surface area (Å²) >= 11 is 0. The molecule has 11 rings (SSSR count). The second-order valence-electron chi connectivity index (χ2n) is 13.6. The fourth-order valence-corrected chi connectivity index (χ4v) is 5.83. The van der Waals surface area contributed by atoms with Crippen LogP contribution in [0.3, 0.4) is 0 Å². The normalized spacial score (nSPS) is 10.5. The highest BCUT2D eigenvalue weighted by Crippen LogP contribution is 2.20. The smallest absolute Gasteiger partial charge is 0.223 e. The van der Waals surface area contributed by atoms with Gasteiger partial charge in [-0.2, -0.15) is 0 Å². The molecule has 20 nitrogen and oxygen atoms in total. The number of aromatic nitrogens is 17. The van der Waals surface area contributed by atoms with Crippen molar-refractivity contribution in [1.29, 1.82) is 0 Å². The second-order valence-corrected chi connectivity index (χ2v) is 13.6. The molecule has 0 saturated carbocycles. The van der Waals surface area contributed by atoms with E-state index in [0.717, 1.165) is 34.3 Å². The summed E-state index contributed by atoms with van der Waals surface area (Å²) in [6.45, 7) is 1.80. The average molecular weight is 858 g/mol. The highest BCUT2D eigenvalue weighted by atomic mass is 16.5. The Hall–Kier alpha value is -9.72. The number of anilines is 4. The van der Waals surface area contributed by atoms with Crippen molar-refractivity contribution in [2.45, 2.75) is 6.92 Å². The molecular formula is C45H35N19O. The maximum absolute atomic E-state index is 4.94. The van der Waals surface area contributed by atoms with Crippen LogP contribution in [0.5, 0.6) is 0 Å². The number of aryl methyl sites for hydroxylation is 1. The van der Waals surface area contributed by atoms with E-state index in [-0.39, 0.29) is 0 Å². The first-order valence-electron chi connectivity index (χ1n) is 19.9. The number of nitrogens with zero attached hydrogens (tertiary/aromatic N) is 17. The molecule has 3 aromatic carbocycles. The Labute approximate surface area is 369 Å². The van der Waals surface area contributed by atoms with E-state index in [1.807, 2.05) is 152 Å². The molecule has 0 unspecified atom stereocenters. The van der Waals surface area contributed by atoms with Crippen molar-refractivity contribution < 1.29 is 4.52 Å². The second kappa shape index (κ2) is 19.8. The molecule has 0 aliphatic rings. The van der Waals surface area contributed by atoms with Gasteiger partial charge in [-0.05, 0) is 132 Å². The molecule has 2 N–H and O–H groups in total. The fraction of sp³-hybridized carbons (Fsp3) is 0.0222. The molecule has 0 atom stereocenters. The van der Waals surface area contributed by atoms with Crippen LogP contribution in [0.25, 0.3) is 51.7 Å². The topological polar surface area (TPSA) is 232 Å². The van der Waals surface area contributed by atoms with Crippen LogP contribution in [0, 0.1) is 6.92 Å². The minimum atomic E-state index is 0.450. The monoisotopic (exact) mass is 857 g/mol. The van der Waals surface area contributed by atoms with Crippen molar-refractivity contribution in [2.24, 2.45) is 0 Å². The molecule has 65 heavy (non-hydrogen) atoms. The Morgan fingerprint density at radius 3 is 1.29 bits per heavy atom. The third-order valence-corrected chi connectivity index (χ3v) is 8.94. The minimum Gasteiger partial charge on any atom is -0.359 e. The van der Waals surface area contributed by atoms with Crippen LogP contribution < -0.4 is 10.6 Å². The van der Waals surface area contributed by atoms with Crippen molar-refractivity contribution in [3.63, 3.8) is 0 Å². The zero-order chi connectivity index (χ0) is 44.0. The Morgan fingerprint density at radius 1 is 0.415 bits per heavy atom. The number of hydrogen-bond acceptors (Lipinski definition) is 17. The Balaban J connectivity index is 0.000000125. The maximum Gasteiger partial charge on any atom is 0.223 e. The first kappa shape index (κ1) is 40.7. The van der Waals surface area contributed by atoms with Crippen LogP contribution in [0.1, 0.15) is 5.76 Å². The molecule has 0 saturated heterocycles. The Kier molecular flexibility index (Phi) is 12.4. The maximum atomic E-state index is 4.94. The van der Waals surface area contributed by atoms with Gasteiger partial charge < -0.3 is 15.2 Å². The van der Waals surface area contributed by atoms with Gasteiger partial charge in [0.15, 0.2) is 0 Å². The lowest BCUT2D eigenvalue weighted by molar-refractivity contribution is 0.391. The molecule has 0 aliphatic carbocycles. The van der Waals surface area contributed by atoms with Crippen LogP contribution in [0.4, 0.5) is 22.9 Å². The van der Waals surface area contributed by atoms with Crippen LogP contribution in [0.2, 0.25) is 0 Å². The van der Waals surface area contributed by atoms with Crippen molar-refractivity contribution in [3.8, 4) is 51.7 Å². The van der Waals surface area contributed by atoms with Crippen LogP contribution in [0.15, 0.2) is 187 Å². The summed E-state index contributed by atoms with van der Waals surface area (Å²) in [7, 11) is 0. The highest BCUT2D eigenvalue weighted by Gasteiger charge is 2.12. The number of tetrazole rings is 3. The molecule has 316 valence electrons. The molecule has 8 aromatic heterocycles. The van der Waals surface area contributed by atoms with Gasteiger partial charge in [-0.3, -0.25) is 15.0 Å². The Bertz CT molecular complexity index is 2980. The quantitative estimate of drug-likeness (QED) is 0.137. The predicted octanol–water partition coefficient (Wildman–Crippen LogP) is 7.35. The van der Waals surface area contributed by atoms with Gasteiger partial charge in [-0.15, -0.1) is 45.0 Å². The summed E-state index contributed by atoms with van der Waals surface area (Å²) in [5.41, 5.74) is 6.68. The van der Waals surface area contributed by atoms with Crippen molar-refractivity contribution in [1.82, 2.24) is 85.7 Å². The van der Waals surface area contributed by atoms with Crippen LogP contribution >= 0.6 is 0 Å². The fourth-order valence-electron chi connectivity index (χ4n) is 5.83. The number of rotatable bonds is 10. The van der Waals surface area contributed by atoms with Crippen molar-refractivity contribution in [3.05, 3.63) is 188 Å². The number of nitrogens with one attached hydrogen (secondary N) is 2. The molecule has 0 aliphatic heterocycles. The average Bonchev–Trinajstić information content (AvgIpc) is 4.23. The van der Waals surface area contributed by atoms with Gasteiger partial charge in [0.2, 0.25) is 23.3 Å². The largest absolute Gasteiger partial charge is 0.359 e. The van der Waals surface area contributed by atoms with E-state index in [9.17, 15) is 0 Å². The first-order valence-corrected chi connectivity index (χ1v) is 19.9. The van der Waals surface area contributed by atoms with Gasteiger partial charge >= 0.3 is 0 Å². The summed E-state index contributed by atoms with van der Waals surface area (Å²) in [6, 6.07) is 49.7. The molecular weight excluding hydrogens is 823 g/mol. The summed E-state index contributed by atoms with van der Waals surface area (Å²) in [5.74, 6) is 3.43. The van der Waals surface area contributed by atoms with Gasteiger partial charge in [0.25, 0.3) is 0 Å². The van der Waals surface area contributed by atoms with Gasteiger partial charge in [-0.1, -0.05) is 47.6 Å². The molecule has 20 heteroatoms. The summed E-state index contributed by atoms with van der Waals surface area (Å²) < 4.78 is 4.94. The lowest BCUT2D eigenvalue weighted by Crippen LogP contribution is -1.99. The molecule has 8 heterocycles. The lowest BCUT2D eigenvalue weighted by Gasteiger charge is -2.06. The lowest BCUT2D eigenvalue weighted by atomic mass is 10.2. The number of benzene rings is 3. The summed E-state index contributed by atoms with van der Waals surface area (Å²) in [6.07, 6.45) is 6.83. The highest BCUT2D eigenvalue weighted by molar-refractivity contribution is 5.61. The van der Waals surface area contributed by atoms with Crippen molar-refractivity contribution >= 4 is 22.9 Å². The standard InChI is InChI=1S/C18H14N6.C17H13N7.C10H8N6O/c1-2-6-14(7-3-1)20-15-9-11-16(12-10-15)24-22-18(21-23-24)17-8-4-5-13-19-17;1-3-11-18-15(5-1)17-21-23-24(22-17)14-9-7-13(8-10-14)20-16-6-2-4-12-19-16;1-7-6-9(14-17-7)16-13-10(12-15-16)8-4-2-3-5-11-8/h1-13,20H;1-12H,(H,19,20);2-6H,1H3. The van der Waals surface area contributed by atoms with E-state index in [2.05, 4.69) is 82.0 Å². The van der Waals surface area contributed by atoms with Gasteiger partial charge in [0.05, 0.1) is 11.4 Å². The summed E-state index contributed by atoms with van der Waals surface area (Å²) in [4.78, 5) is 21.1. The van der Waals surface area contributed by atoms with Gasteiger partial charge in [0.1, 0.15) is 28.7 Å². The van der Waals surface area contributed by atoms with Crippen LogP contribution in [-0.2, 0) is 0 Å². The third kappa shape index (κ3) is 10.6. The van der Waals surface area contributed by atoms with Crippen LogP contribution in [-0.4, -0.2) is 85.7 Å². The number of hydrogen-bond donors (Lipinski definition) is 2. The Morgan fingerprint density at radius 2 is 0.846 bits per heavy atom. The van der Waals surface area contributed by atoms with Gasteiger partial charge in [-0.25, -0.2) is 4.98 Å². The number of pyridine rings is 4. The van der Waals surface area contributed by atoms with E-state index in [1.54, 1.807) is 37.8 Å². The molecule has 11 aromatic rings. The van der Waals surface area contributed by atoms with E-state index >= 15 is 0 Å². The number of para-hydroxylation sites is 1. The minimum absolute atomic E-state index is 0.450. The summed E-state index contributed by atoms with van der Waals surface area (Å²) in [5, 5.41) is 47.3. The SMILES string of the molecule is Cc1cc(-n2nnc(-c3ccccn3)n2)no1.c1ccc(Nc2ccc(-n3nnc(-c4ccccn4)n3)cc2)cc1.c1ccc(Nc2ccc(-n3nnc(-c4ccccn4)n3)cc2)nc1. The van der Waals surface area contributed by atoms with Gasteiger partial charge in [0, 0.05) is 47.9 Å².